The molecule has 5 heteroatoms. The number of likely N-dealkylation sites (tertiary alicyclic amines) is 1. The van der Waals surface area contributed by atoms with Crippen LogP contribution in [-0.4, -0.2) is 34.4 Å². The quantitative estimate of drug-likeness (QED) is 0.903. The molecule has 4 rings (SSSR count). The molecule has 0 radical (unpaired) electrons. The van der Waals surface area contributed by atoms with Gasteiger partial charge in [0, 0.05) is 43.9 Å². The average molecular weight is 327 g/mol. The number of carbonyl (C=O) groups excluding carboxylic acids is 2. The Kier molecular flexibility index (Phi) is 3.74. The summed E-state index contributed by atoms with van der Waals surface area (Å²) in [5.74, 6) is 0.914. The van der Waals surface area contributed by atoms with Crippen LogP contribution in [0.3, 0.4) is 0 Å². The fraction of sp³-hybridized carbons (Fsp3) is 0.579. The smallest absolute Gasteiger partial charge is 0.267 e. The highest BCUT2D eigenvalue weighted by atomic mass is 16.2. The molecule has 2 aliphatic carbocycles. The van der Waals surface area contributed by atoms with E-state index in [9.17, 15) is 9.59 Å². The van der Waals surface area contributed by atoms with E-state index in [1.54, 1.807) is 0 Å². The summed E-state index contributed by atoms with van der Waals surface area (Å²) >= 11 is 0. The van der Waals surface area contributed by atoms with Crippen LogP contribution in [0.4, 0.5) is 0 Å². The maximum Gasteiger partial charge on any atom is 0.267 e. The summed E-state index contributed by atoms with van der Waals surface area (Å²) in [6.45, 7) is 1.50. The van der Waals surface area contributed by atoms with Crippen LogP contribution >= 0.6 is 0 Å². The third kappa shape index (κ3) is 2.66. The van der Waals surface area contributed by atoms with Gasteiger partial charge in [-0.05, 0) is 50.2 Å². The molecule has 1 atom stereocenters. The van der Waals surface area contributed by atoms with Crippen molar-refractivity contribution in [3.63, 3.8) is 0 Å². The van der Waals surface area contributed by atoms with E-state index >= 15 is 0 Å². The van der Waals surface area contributed by atoms with E-state index in [0.717, 1.165) is 25.8 Å². The topological polar surface area (TPSA) is 54.3 Å². The Hall–Kier alpha value is -2.04. The van der Waals surface area contributed by atoms with Gasteiger partial charge in [0.15, 0.2) is 0 Å². The molecule has 1 aliphatic heterocycles. The van der Waals surface area contributed by atoms with Gasteiger partial charge < -0.3 is 14.8 Å². The second kappa shape index (κ2) is 5.80. The summed E-state index contributed by atoms with van der Waals surface area (Å²) in [5.41, 5.74) is 1.80. The molecule has 2 fully saturated rings. The molecule has 1 saturated carbocycles. The molecular formula is C19H25N3O2. The maximum absolute atomic E-state index is 12.5. The number of nitrogens with zero attached hydrogens (tertiary/aromatic N) is 2. The first-order valence-corrected chi connectivity index (χ1v) is 9.00. The van der Waals surface area contributed by atoms with Crippen molar-refractivity contribution in [3.8, 4) is 0 Å². The van der Waals surface area contributed by atoms with Crippen LogP contribution in [0.15, 0.2) is 30.1 Å². The molecular weight excluding hydrogens is 302 g/mol. The summed E-state index contributed by atoms with van der Waals surface area (Å²) < 4.78 is 1.84. The predicted molar refractivity (Wildman–Crippen MR) is 91.2 cm³/mol. The summed E-state index contributed by atoms with van der Waals surface area (Å²) in [6.07, 6.45) is 10.1. The zero-order chi connectivity index (χ0) is 16.7. The highest BCUT2D eigenvalue weighted by molar-refractivity contribution is 5.92. The first-order valence-electron chi connectivity index (χ1n) is 9.00. The van der Waals surface area contributed by atoms with Crippen LogP contribution in [0.25, 0.3) is 0 Å². The van der Waals surface area contributed by atoms with Crippen molar-refractivity contribution in [2.75, 3.05) is 13.1 Å². The number of amides is 2. The van der Waals surface area contributed by atoms with Crippen LogP contribution in [0, 0.1) is 11.3 Å². The lowest BCUT2D eigenvalue weighted by Crippen LogP contribution is -2.48. The molecule has 1 aromatic rings. The second-order valence-electron chi connectivity index (χ2n) is 7.54. The average Bonchev–Trinajstić information content (AvgIpc) is 3.12. The molecule has 1 saturated heterocycles. The largest absolute Gasteiger partial charge is 0.350 e. The number of fused-ring (bicyclic) bond motifs is 1. The fourth-order valence-electron chi connectivity index (χ4n) is 4.16. The summed E-state index contributed by atoms with van der Waals surface area (Å²) in [5, 5.41) is 3.12. The second-order valence-corrected chi connectivity index (χ2v) is 7.54. The Morgan fingerprint density at radius 2 is 2.21 bits per heavy atom. The zero-order valence-electron chi connectivity index (χ0n) is 14.3. The number of allylic oxidation sites excluding steroid dienone is 1. The van der Waals surface area contributed by atoms with Gasteiger partial charge in [0.1, 0.15) is 5.69 Å². The highest BCUT2D eigenvalue weighted by Gasteiger charge is 2.46. The summed E-state index contributed by atoms with van der Waals surface area (Å²) in [6, 6.07) is 3.72. The van der Waals surface area contributed by atoms with Gasteiger partial charge in [0.2, 0.25) is 5.91 Å². The third-order valence-electron chi connectivity index (χ3n) is 5.81. The number of carbonyl (C=O) groups is 2. The van der Waals surface area contributed by atoms with E-state index in [-0.39, 0.29) is 17.2 Å². The lowest BCUT2D eigenvalue weighted by molar-refractivity contribution is -0.133. The van der Waals surface area contributed by atoms with Crippen molar-refractivity contribution in [2.24, 2.45) is 18.4 Å². The number of nitrogens with one attached hydrogen (secondary N) is 1. The molecule has 2 amide bonds. The van der Waals surface area contributed by atoms with E-state index in [1.165, 1.54) is 18.5 Å². The Balaban J connectivity index is 1.49. The minimum Gasteiger partial charge on any atom is -0.350 e. The minimum atomic E-state index is -0.0520. The van der Waals surface area contributed by atoms with Gasteiger partial charge in [0.25, 0.3) is 5.91 Å². The Labute approximate surface area is 142 Å². The van der Waals surface area contributed by atoms with E-state index in [2.05, 4.69) is 11.4 Å². The number of hydrogen-bond donors (Lipinski definition) is 1. The third-order valence-corrected chi connectivity index (χ3v) is 5.81. The number of aryl methyl sites for hydroxylation is 1. The van der Waals surface area contributed by atoms with Crippen molar-refractivity contribution in [1.29, 1.82) is 0 Å². The number of aromatic nitrogens is 1. The van der Waals surface area contributed by atoms with Crippen LogP contribution in [0.5, 0.6) is 0 Å². The van der Waals surface area contributed by atoms with Gasteiger partial charge >= 0.3 is 0 Å². The maximum atomic E-state index is 12.5. The number of piperidine rings is 1. The van der Waals surface area contributed by atoms with Crippen LogP contribution in [0.1, 0.15) is 49.0 Å². The van der Waals surface area contributed by atoms with Crippen LogP contribution < -0.4 is 5.32 Å². The van der Waals surface area contributed by atoms with E-state index < -0.39 is 0 Å². The van der Waals surface area contributed by atoms with Gasteiger partial charge in [-0.3, -0.25) is 9.59 Å². The molecule has 24 heavy (non-hydrogen) atoms. The van der Waals surface area contributed by atoms with Crippen molar-refractivity contribution in [2.45, 2.75) is 38.5 Å². The van der Waals surface area contributed by atoms with Gasteiger partial charge in [-0.1, -0.05) is 6.08 Å². The van der Waals surface area contributed by atoms with E-state index in [4.69, 9.17) is 0 Å². The normalized spacial score (nSPS) is 26.3. The van der Waals surface area contributed by atoms with E-state index in [0.29, 0.717) is 24.6 Å². The highest BCUT2D eigenvalue weighted by Crippen LogP contribution is 2.48. The molecule has 1 unspecified atom stereocenters. The number of hydrogen-bond acceptors (Lipinski definition) is 2. The van der Waals surface area contributed by atoms with Crippen LogP contribution in [-0.2, 0) is 11.8 Å². The Morgan fingerprint density at radius 3 is 2.92 bits per heavy atom. The molecule has 128 valence electrons. The zero-order valence-corrected chi connectivity index (χ0v) is 14.3. The van der Waals surface area contributed by atoms with Gasteiger partial charge in [-0.15, -0.1) is 0 Å². The van der Waals surface area contributed by atoms with Crippen molar-refractivity contribution < 1.29 is 9.59 Å². The summed E-state index contributed by atoms with van der Waals surface area (Å²) in [4.78, 5) is 26.9. The molecule has 0 spiro atoms. The Morgan fingerprint density at radius 1 is 1.38 bits per heavy atom. The molecule has 2 heterocycles. The SMILES string of the molecule is Cn1cccc1C(=O)NCC12CCC=C1N(CC1CC1)C(=O)CC2. The van der Waals surface area contributed by atoms with E-state index in [1.807, 2.05) is 34.8 Å². The Bertz CT molecular complexity index is 701. The molecule has 5 nitrogen and oxygen atoms in total. The van der Waals surface area contributed by atoms with Gasteiger partial charge in [-0.2, -0.15) is 0 Å². The van der Waals surface area contributed by atoms with Crippen LogP contribution in [0.2, 0.25) is 0 Å². The van der Waals surface area contributed by atoms with Crippen molar-refractivity contribution in [3.05, 3.63) is 35.8 Å². The fourth-order valence-corrected chi connectivity index (χ4v) is 4.16. The lowest BCUT2D eigenvalue weighted by atomic mass is 9.76. The van der Waals surface area contributed by atoms with Gasteiger partial charge in [0.05, 0.1) is 0 Å². The molecule has 0 aromatic carbocycles. The molecule has 3 aliphatic rings. The predicted octanol–water partition coefficient (Wildman–Crippen LogP) is 2.45. The van der Waals surface area contributed by atoms with Crippen molar-refractivity contribution in [1.82, 2.24) is 14.8 Å². The monoisotopic (exact) mass is 327 g/mol. The molecule has 1 N–H and O–H groups in total. The minimum absolute atomic E-state index is 0.0335. The molecule has 1 aromatic heterocycles. The first-order chi connectivity index (χ1) is 11.6. The van der Waals surface area contributed by atoms with Crippen molar-refractivity contribution >= 4 is 11.8 Å². The lowest BCUT2D eigenvalue weighted by Gasteiger charge is -2.42. The summed E-state index contributed by atoms with van der Waals surface area (Å²) in [7, 11) is 1.88. The first kappa shape index (κ1) is 15.5. The molecule has 0 bridgehead atoms. The standard InChI is InChI=1S/C19H25N3O2/c1-21-11-3-4-15(21)18(24)20-13-19-9-2-5-16(19)22(12-14-6-7-14)17(23)8-10-19/h3-5,11,14H,2,6-10,12-13H2,1H3,(H,20,24). The van der Waals surface area contributed by atoms with Gasteiger partial charge in [-0.25, -0.2) is 0 Å². The number of rotatable bonds is 5.